The van der Waals surface area contributed by atoms with Crippen LogP contribution in [0.4, 0.5) is 0 Å². The first-order chi connectivity index (χ1) is 11.5. The molecule has 0 amide bonds. The van der Waals surface area contributed by atoms with Crippen molar-refractivity contribution in [2.24, 2.45) is 0 Å². The predicted molar refractivity (Wildman–Crippen MR) is 98.8 cm³/mol. The first-order valence-electron chi connectivity index (χ1n) is 8.69. The molecule has 0 unspecified atom stereocenters. The van der Waals surface area contributed by atoms with Gasteiger partial charge in [0.1, 0.15) is 4.90 Å². The Labute approximate surface area is 145 Å². The van der Waals surface area contributed by atoms with Crippen molar-refractivity contribution in [2.75, 3.05) is 0 Å². The molecule has 0 heterocycles. The van der Waals surface area contributed by atoms with E-state index in [9.17, 15) is 13.0 Å². The Bertz CT molecular complexity index is 751. The van der Waals surface area contributed by atoms with Crippen LogP contribution < -0.4 is 0 Å². The van der Waals surface area contributed by atoms with Crippen LogP contribution in [-0.4, -0.2) is 13.0 Å². The van der Waals surface area contributed by atoms with E-state index in [2.05, 4.69) is 6.92 Å². The van der Waals surface area contributed by atoms with E-state index in [1.807, 2.05) is 24.3 Å². The van der Waals surface area contributed by atoms with Gasteiger partial charge in [-0.1, -0.05) is 81.5 Å². The minimum absolute atomic E-state index is 0.0274. The molecule has 0 spiro atoms. The van der Waals surface area contributed by atoms with Crippen molar-refractivity contribution in [3.8, 4) is 11.1 Å². The Kier molecular flexibility index (Phi) is 7.00. The highest BCUT2D eigenvalue weighted by atomic mass is 32.2. The molecule has 2 rings (SSSR count). The van der Waals surface area contributed by atoms with Gasteiger partial charge in [0.25, 0.3) is 10.1 Å². The molecule has 130 valence electrons. The Hall–Kier alpha value is -1.65. The van der Waals surface area contributed by atoms with E-state index in [-0.39, 0.29) is 4.90 Å². The molecule has 0 aliphatic carbocycles. The molecular weight excluding hydrogens is 320 g/mol. The minimum Gasteiger partial charge on any atom is -0.282 e. The summed E-state index contributed by atoms with van der Waals surface area (Å²) in [7, 11) is -4.23. The zero-order valence-electron chi connectivity index (χ0n) is 14.2. The monoisotopic (exact) mass is 346 g/mol. The molecule has 2 aromatic rings. The van der Waals surface area contributed by atoms with E-state index in [4.69, 9.17) is 0 Å². The largest absolute Gasteiger partial charge is 0.295 e. The van der Waals surface area contributed by atoms with Crippen LogP contribution in [0.2, 0.25) is 0 Å². The van der Waals surface area contributed by atoms with Gasteiger partial charge in [0.15, 0.2) is 0 Å². The predicted octanol–water partition coefficient (Wildman–Crippen LogP) is 5.50. The average Bonchev–Trinajstić information content (AvgIpc) is 2.57. The van der Waals surface area contributed by atoms with Gasteiger partial charge in [0.2, 0.25) is 0 Å². The number of benzene rings is 2. The third-order valence-electron chi connectivity index (χ3n) is 4.27. The van der Waals surface area contributed by atoms with Crippen molar-refractivity contribution in [2.45, 2.75) is 56.8 Å². The summed E-state index contributed by atoms with van der Waals surface area (Å²) in [5, 5.41) is 0. The molecule has 0 aliphatic rings. The number of unbranched alkanes of at least 4 members (excludes halogenated alkanes) is 5. The molecule has 0 fully saturated rings. The minimum atomic E-state index is -4.23. The zero-order chi connectivity index (χ0) is 17.4. The smallest absolute Gasteiger partial charge is 0.282 e. The van der Waals surface area contributed by atoms with Crippen molar-refractivity contribution in [3.05, 3.63) is 54.1 Å². The van der Waals surface area contributed by atoms with Crippen LogP contribution in [0.25, 0.3) is 11.1 Å². The van der Waals surface area contributed by atoms with E-state index in [0.29, 0.717) is 5.56 Å². The number of hydrogen-bond acceptors (Lipinski definition) is 2. The fourth-order valence-corrected chi connectivity index (χ4v) is 3.72. The lowest BCUT2D eigenvalue weighted by Crippen LogP contribution is -2.02. The quantitative estimate of drug-likeness (QED) is 0.481. The van der Waals surface area contributed by atoms with E-state index >= 15 is 0 Å². The molecule has 1 N–H and O–H groups in total. The first kappa shape index (κ1) is 18.7. The maximum absolute atomic E-state index is 11.7. The third kappa shape index (κ3) is 5.18. The van der Waals surface area contributed by atoms with Gasteiger partial charge in [-0.05, 0) is 30.0 Å². The Balaban J connectivity index is 2.18. The first-order valence-corrected chi connectivity index (χ1v) is 10.1. The summed E-state index contributed by atoms with van der Waals surface area (Å²) in [6.45, 7) is 2.21. The fraction of sp³-hybridized carbons (Fsp3) is 0.400. The molecule has 24 heavy (non-hydrogen) atoms. The highest BCUT2D eigenvalue weighted by molar-refractivity contribution is 7.86. The van der Waals surface area contributed by atoms with E-state index in [1.54, 1.807) is 18.2 Å². The lowest BCUT2D eigenvalue weighted by Gasteiger charge is -2.12. The number of hydrogen-bond donors (Lipinski definition) is 1. The lowest BCUT2D eigenvalue weighted by atomic mass is 9.95. The summed E-state index contributed by atoms with van der Waals surface area (Å²) in [6.07, 6.45) is 8.26. The van der Waals surface area contributed by atoms with Gasteiger partial charge in [0, 0.05) is 5.56 Å². The van der Waals surface area contributed by atoms with Crippen molar-refractivity contribution >= 4 is 10.1 Å². The third-order valence-corrected chi connectivity index (χ3v) is 5.18. The summed E-state index contributed by atoms with van der Waals surface area (Å²) in [4.78, 5) is -0.0274. The normalized spacial score (nSPS) is 11.6. The number of rotatable bonds is 9. The summed E-state index contributed by atoms with van der Waals surface area (Å²) in [5.41, 5.74) is 2.59. The second-order valence-electron chi connectivity index (χ2n) is 6.15. The van der Waals surface area contributed by atoms with Crippen LogP contribution in [-0.2, 0) is 16.5 Å². The van der Waals surface area contributed by atoms with Gasteiger partial charge in [-0.2, -0.15) is 8.42 Å². The van der Waals surface area contributed by atoms with E-state index < -0.39 is 10.1 Å². The van der Waals surface area contributed by atoms with Crippen molar-refractivity contribution in [1.29, 1.82) is 0 Å². The van der Waals surface area contributed by atoms with Crippen LogP contribution in [0.5, 0.6) is 0 Å². The second kappa shape index (κ2) is 9.00. The second-order valence-corrected chi connectivity index (χ2v) is 7.54. The van der Waals surface area contributed by atoms with Crippen LogP contribution in [0.1, 0.15) is 51.0 Å². The topological polar surface area (TPSA) is 54.4 Å². The van der Waals surface area contributed by atoms with Crippen molar-refractivity contribution in [1.82, 2.24) is 0 Å². The van der Waals surface area contributed by atoms with Gasteiger partial charge in [0.05, 0.1) is 0 Å². The van der Waals surface area contributed by atoms with Crippen molar-refractivity contribution in [3.63, 3.8) is 0 Å². The summed E-state index contributed by atoms with van der Waals surface area (Å²) >= 11 is 0. The van der Waals surface area contributed by atoms with Gasteiger partial charge < -0.3 is 0 Å². The van der Waals surface area contributed by atoms with Crippen LogP contribution in [0.3, 0.4) is 0 Å². The van der Waals surface area contributed by atoms with Gasteiger partial charge >= 0.3 is 0 Å². The standard InChI is InChI=1S/C20H26O3S/c1-2-3-4-5-6-7-12-17-13-8-9-14-18(17)19-15-10-11-16-20(19)24(21,22)23/h8-11,13-16H,2-7,12H2,1H3,(H,21,22,23). The molecule has 0 aliphatic heterocycles. The fourth-order valence-electron chi connectivity index (χ4n) is 3.01. The molecule has 0 saturated carbocycles. The molecule has 4 heteroatoms. The van der Waals surface area contributed by atoms with Crippen LogP contribution >= 0.6 is 0 Å². The molecule has 2 aromatic carbocycles. The maximum Gasteiger partial charge on any atom is 0.295 e. The average molecular weight is 346 g/mol. The molecule has 3 nitrogen and oxygen atoms in total. The molecule has 0 bridgehead atoms. The van der Waals surface area contributed by atoms with Gasteiger partial charge in [-0.25, -0.2) is 0 Å². The van der Waals surface area contributed by atoms with Gasteiger partial charge in [-0.3, -0.25) is 4.55 Å². The van der Waals surface area contributed by atoms with E-state index in [1.165, 1.54) is 38.2 Å². The highest BCUT2D eigenvalue weighted by Crippen LogP contribution is 2.30. The van der Waals surface area contributed by atoms with Crippen molar-refractivity contribution < 1.29 is 13.0 Å². The van der Waals surface area contributed by atoms with Crippen LogP contribution in [0, 0.1) is 0 Å². The molecule has 0 radical (unpaired) electrons. The van der Waals surface area contributed by atoms with Gasteiger partial charge in [-0.15, -0.1) is 0 Å². The molecule has 0 saturated heterocycles. The number of aryl methyl sites for hydroxylation is 1. The summed E-state index contributed by atoms with van der Waals surface area (Å²) in [5.74, 6) is 0. The van der Waals surface area contributed by atoms with E-state index in [0.717, 1.165) is 24.0 Å². The Morgan fingerprint density at radius 2 is 1.38 bits per heavy atom. The van der Waals surface area contributed by atoms with Crippen LogP contribution in [0.15, 0.2) is 53.4 Å². The molecular formula is C20H26O3S. The maximum atomic E-state index is 11.7. The molecule has 0 aromatic heterocycles. The zero-order valence-corrected chi connectivity index (χ0v) is 15.1. The Morgan fingerprint density at radius 3 is 2.08 bits per heavy atom. The highest BCUT2D eigenvalue weighted by Gasteiger charge is 2.17. The lowest BCUT2D eigenvalue weighted by molar-refractivity contribution is 0.483. The summed E-state index contributed by atoms with van der Waals surface area (Å²) < 4.78 is 32.8. The Morgan fingerprint density at radius 1 is 0.792 bits per heavy atom. The summed E-state index contributed by atoms with van der Waals surface area (Å²) in [6, 6.07) is 14.5. The SMILES string of the molecule is CCCCCCCCc1ccccc1-c1ccccc1S(=O)(=O)O. The molecule has 0 atom stereocenters.